The van der Waals surface area contributed by atoms with E-state index in [2.05, 4.69) is 10.3 Å². The Balaban J connectivity index is 0.00000326. The van der Waals surface area contributed by atoms with Gasteiger partial charge >= 0.3 is 6.09 Å². The first-order chi connectivity index (χ1) is 17.9. The summed E-state index contributed by atoms with van der Waals surface area (Å²) in [5, 5.41) is 12.7. The van der Waals surface area contributed by atoms with Gasteiger partial charge in [-0.1, -0.05) is 39.8 Å². The molecule has 10 heteroatoms. The highest BCUT2D eigenvalue weighted by molar-refractivity contribution is 5.94. The SMILES string of the molecule is CC.CC.CC(CCCCn1cnc(C(=O)NCc2ccc(F)cc2)c(O)c1=O)N(C)C(=O)OC(C)(C)C. The van der Waals surface area contributed by atoms with Crippen LogP contribution >= 0.6 is 0 Å². The van der Waals surface area contributed by atoms with Crippen LogP contribution in [0.1, 0.15) is 90.7 Å². The number of carbonyl (C=O) groups excluding carboxylic acids is 2. The molecule has 2 amide bonds. The van der Waals surface area contributed by atoms with Crippen LogP contribution in [-0.2, 0) is 17.8 Å². The zero-order valence-electron chi connectivity index (χ0n) is 24.3. The summed E-state index contributed by atoms with van der Waals surface area (Å²) in [6, 6.07) is 5.54. The highest BCUT2D eigenvalue weighted by atomic mass is 19.1. The molecule has 1 aromatic carbocycles. The van der Waals surface area contributed by atoms with E-state index >= 15 is 0 Å². The molecule has 0 radical (unpaired) electrons. The van der Waals surface area contributed by atoms with Gasteiger partial charge in [-0.15, -0.1) is 0 Å². The molecule has 2 aromatic rings. The molecule has 0 spiro atoms. The minimum atomic E-state index is -0.725. The lowest BCUT2D eigenvalue weighted by molar-refractivity contribution is 0.0227. The lowest BCUT2D eigenvalue weighted by atomic mass is 10.1. The molecule has 1 aromatic heterocycles. The van der Waals surface area contributed by atoms with Gasteiger partial charge < -0.3 is 20.1 Å². The summed E-state index contributed by atoms with van der Waals surface area (Å²) in [6.45, 7) is 15.8. The van der Waals surface area contributed by atoms with Crippen molar-refractivity contribution in [2.45, 2.75) is 99.4 Å². The van der Waals surface area contributed by atoms with E-state index in [1.165, 1.54) is 35.2 Å². The smallest absolute Gasteiger partial charge is 0.410 e. The number of amides is 2. The van der Waals surface area contributed by atoms with E-state index in [-0.39, 0.29) is 24.1 Å². The van der Waals surface area contributed by atoms with Crippen molar-refractivity contribution in [3.05, 3.63) is 58.0 Å². The summed E-state index contributed by atoms with van der Waals surface area (Å²) in [5.41, 5.74) is -0.975. The number of aromatic nitrogens is 2. The van der Waals surface area contributed by atoms with Crippen LogP contribution in [-0.4, -0.2) is 50.2 Å². The van der Waals surface area contributed by atoms with Crippen LogP contribution in [0.5, 0.6) is 5.75 Å². The molecule has 2 N–H and O–H groups in total. The van der Waals surface area contributed by atoms with E-state index < -0.39 is 28.9 Å². The average molecular weight is 537 g/mol. The summed E-state index contributed by atoms with van der Waals surface area (Å²) in [4.78, 5) is 42.4. The van der Waals surface area contributed by atoms with Gasteiger partial charge in [-0.2, -0.15) is 0 Å². The van der Waals surface area contributed by atoms with Gasteiger partial charge in [-0.25, -0.2) is 14.2 Å². The number of benzene rings is 1. The third kappa shape index (κ3) is 11.7. The summed E-state index contributed by atoms with van der Waals surface area (Å²) in [6.07, 6.45) is 2.88. The first-order valence-corrected chi connectivity index (χ1v) is 13.2. The van der Waals surface area contributed by atoms with E-state index in [0.717, 1.165) is 6.42 Å². The summed E-state index contributed by atoms with van der Waals surface area (Å²) in [5.74, 6) is -1.82. The molecule has 1 heterocycles. The largest absolute Gasteiger partial charge is 0.501 e. The Labute approximate surface area is 226 Å². The number of halogens is 1. The van der Waals surface area contributed by atoms with Crippen LogP contribution < -0.4 is 10.9 Å². The number of aromatic hydroxyl groups is 1. The van der Waals surface area contributed by atoms with Gasteiger partial charge in [0.15, 0.2) is 5.69 Å². The second-order valence-corrected chi connectivity index (χ2v) is 9.19. The van der Waals surface area contributed by atoms with Crippen LogP contribution in [0.3, 0.4) is 0 Å². The van der Waals surface area contributed by atoms with Crippen molar-refractivity contribution in [1.29, 1.82) is 0 Å². The van der Waals surface area contributed by atoms with Crippen molar-refractivity contribution < 1.29 is 23.8 Å². The molecule has 0 bridgehead atoms. The van der Waals surface area contributed by atoms with Gasteiger partial charge in [-0.3, -0.25) is 14.2 Å². The molecule has 0 aliphatic carbocycles. The zero-order valence-corrected chi connectivity index (χ0v) is 24.3. The van der Waals surface area contributed by atoms with E-state index in [1.807, 2.05) is 55.4 Å². The molecule has 9 nitrogen and oxygen atoms in total. The van der Waals surface area contributed by atoms with Gasteiger partial charge in [0.25, 0.3) is 11.5 Å². The number of ether oxygens (including phenoxy) is 1. The monoisotopic (exact) mass is 536 g/mol. The van der Waals surface area contributed by atoms with Crippen LogP contribution in [0, 0.1) is 5.82 Å². The third-order valence-corrected chi connectivity index (χ3v) is 5.21. The Morgan fingerprint density at radius 3 is 2.26 bits per heavy atom. The number of carbonyl (C=O) groups is 2. The number of hydrogen-bond acceptors (Lipinski definition) is 6. The van der Waals surface area contributed by atoms with Crippen LogP contribution in [0.4, 0.5) is 9.18 Å². The quantitative estimate of drug-likeness (QED) is 0.409. The lowest BCUT2D eigenvalue weighted by Gasteiger charge is -2.28. The Bertz CT molecular complexity index is 1050. The van der Waals surface area contributed by atoms with Crippen molar-refractivity contribution in [2.24, 2.45) is 0 Å². The van der Waals surface area contributed by atoms with Crippen molar-refractivity contribution in [3.8, 4) is 5.75 Å². The molecule has 0 aliphatic rings. The molecule has 2 rings (SSSR count). The van der Waals surface area contributed by atoms with E-state index in [9.17, 15) is 23.9 Å². The first kappa shape index (κ1) is 34.6. The molecule has 1 atom stereocenters. The molecule has 0 saturated heterocycles. The van der Waals surface area contributed by atoms with E-state index in [0.29, 0.717) is 24.9 Å². The number of unbranched alkanes of at least 4 members (excludes halogenated alkanes) is 1. The maximum absolute atomic E-state index is 13.0. The van der Waals surface area contributed by atoms with E-state index in [4.69, 9.17) is 4.74 Å². The topological polar surface area (TPSA) is 114 Å². The maximum atomic E-state index is 13.0. The maximum Gasteiger partial charge on any atom is 0.410 e. The minimum Gasteiger partial charge on any atom is -0.501 e. The number of nitrogens with zero attached hydrogens (tertiary/aromatic N) is 3. The minimum absolute atomic E-state index is 0.0507. The van der Waals surface area contributed by atoms with E-state index in [1.54, 1.807) is 11.9 Å². The molecular formula is C28H45FN4O5. The number of nitrogens with one attached hydrogen (secondary N) is 1. The Morgan fingerprint density at radius 1 is 1.13 bits per heavy atom. The fraction of sp³-hybridized carbons (Fsp3) is 0.571. The van der Waals surface area contributed by atoms with Crippen molar-refractivity contribution in [3.63, 3.8) is 0 Å². The van der Waals surface area contributed by atoms with Gasteiger partial charge in [-0.05, 0) is 64.7 Å². The fourth-order valence-corrected chi connectivity index (χ4v) is 3.10. The summed E-state index contributed by atoms with van der Waals surface area (Å²) >= 11 is 0. The Morgan fingerprint density at radius 2 is 1.71 bits per heavy atom. The van der Waals surface area contributed by atoms with Crippen molar-refractivity contribution in [1.82, 2.24) is 19.8 Å². The molecular weight excluding hydrogens is 491 g/mol. The van der Waals surface area contributed by atoms with Crippen molar-refractivity contribution >= 4 is 12.0 Å². The zero-order chi connectivity index (χ0) is 29.5. The lowest BCUT2D eigenvalue weighted by Crippen LogP contribution is -2.39. The third-order valence-electron chi connectivity index (χ3n) is 5.21. The van der Waals surface area contributed by atoms with Gasteiger partial charge in [0.2, 0.25) is 5.75 Å². The standard InChI is InChI=1S/C24H33FN4O5.2C2H6/c1-16(28(5)23(33)34-24(2,3)4)8-6-7-13-29-15-27-19(20(30)22(29)32)21(31)26-14-17-9-11-18(25)12-10-17;2*1-2/h9-12,15-16,30H,6-8,13-14H2,1-5H3,(H,26,31);2*1-2H3. The molecule has 0 saturated carbocycles. The number of rotatable bonds is 9. The first-order valence-electron chi connectivity index (χ1n) is 13.2. The molecule has 38 heavy (non-hydrogen) atoms. The molecule has 1 unspecified atom stereocenters. The Kier molecular flexibility index (Phi) is 15.6. The summed E-state index contributed by atoms with van der Waals surface area (Å²) in [7, 11) is 1.69. The number of hydrogen-bond donors (Lipinski definition) is 2. The second-order valence-electron chi connectivity index (χ2n) is 9.19. The Hall–Kier alpha value is -3.43. The fourth-order valence-electron chi connectivity index (χ4n) is 3.10. The normalized spacial score (nSPS) is 11.2. The highest BCUT2D eigenvalue weighted by Crippen LogP contribution is 2.14. The number of aryl methyl sites for hydroxylation is 1. The average Bonchev–Trinajstić information content (AvgIpc) is 2.89. The van der Waals surface area contributed by atoms with Gasteiger partial charge in [0, 0.05) is 26.2 Å². The van der Waals surface area contributed by atoms with Crippen LogP contribution in [0.15, 0.2) is 35.4 Å². The van der Waals surface area contributed by atoms with Crippen LogP contribution in [0.25, 0.3) is 0 Å². The molecule has 214 valence electrons. The van der Waals surface area contributed by atoms with Crippen LogP contribution in [0.2, 0.25) is 0 Å². The molecule has 0 aliphatic heterocycles. The van der Waals surface area contributed by atoms with Gasteiger partial charge in [0.05, 0.1) is 6.33 Å². The predicted molar refractivity (Wildman–Crippen MR) is 148 cm³/mol. The summed E-state index contributed by atoms with van der Waals surface area (Å²) < 4.78 is 19.6. The predicted octanol–water partition coefficient (Wildman–Crippen LogP) is 5.50. The molecule has 0 fully saturated rings. The van der Waals surface area contributed by atoms with Gasteiger partial charge in [0.1, 0.15) is 11.4 Å². The second kappa shape index (κ2) is 17.1. The highest BCUT2D eigenvalue weighted by Gasteiger charge is 2.23. The van der Waals surface area contributed by atoms with Crippen molar-refractivity contribution in [2.75, 3.05) is 7.05 Å².